The minimum atomic E-state index is -0.0883. The fraction of sp³-hybridized carbons (Fsp3) is 0.188. The van der Waals surface area contributed by atoms with E-state index in [-0.39, 0.29) is 5.91 Å². The van der Waals surface area contributed by atoms with E-state index >= 15 is 0 Å². The van der Waals surface area contributed by atoms with Crippen molar-refractivity contribution in [2.45, 2.75) is 13.3 Å². The van der Waals surface area contributed by atoms with E-state index in [1.807, 2.05) is 0 Å². The molecule has 2 nitrogen and oxygen atoms in total. The molecule has 98 valence electrons. The minimum Gasteiger partial charge on any atom is -0.352 e. The van der Waals surface area contributed by atoms with Crippen LogP contribution in [0.25, 0.3) is 0 Å². The Bertz CT molecular complexity index is 563. The van der Waals surface area contributed by atoms with Crippen LogP contribution in [-0.2, 0) is 6.42 Å². The zero-order valence-electron chi connectivity index (χ0n) is 10.8. The van der Waals surface area contributed by atoms with Gasteiger partial charge in [-0.05, 0) is 37.1 Å². The summed E-state index contributed by atoms with van der Waals surface area (Å²) in [6, 6.07) is 15.3. The maximum absolute atomic E-state index is 11.9. The lowest BCUT2D eigenvalue weighted by Gasteiger charge is -2.06. The summed E-state index contributed by atoms with van der Waals surface area (Å²) in [5.41, 5.74) is 3.06. The molecule has 0 atom stereocenters. The van der Waals surface area contributed by atoms with Crippen molar-refractivity contribution in [3.8, 4) is 0 Å². The molecule has 2 rings (SSSR count). The Kier molecular flexibility index (Phi) is 4.58. The molecule has 1 N–H and O–H groups in total. The monoisotopic (exact) mass is 273 g/mol. The maximum atomic E-state index is 11.9. The van der Waals surface area contributed by atoms with Gasteiger partial charge >= 0.3 is 0 Å². The molecule has 0 spiro atoms. The van der Waals surface area contributed by atoms with E-state index in [2.05, 4.69) is 36.5 Å². The summed E-state index contributed by atoms with van der Waals surface area (Å²) < 4.78 is 0. The first-order valence-corrected chi connectivity index (χ1v) is 6.62. The van der Waals surface area contributed by atoms with E-state index in [4.69, 9.17) is 11.6 Å². The Morgan fingerprint density at radius 1 is 1.16 bits per heavy atom. The second-order valence-electron chi connectivity index (χ2n) is 4.50. The number of benzene rings is 2. The number of hydrogen-bond acceptors (Lipinski definition) is 1. The topological polar surface area (TPSA) is 29.1 Å². The van der Waals surface area contributed by atoms with E-state index < -0.39 is 0 Å². The highest BCUT2D eigenvalue weighted by Gasteiger charge is 2.04. The molecule has 0 bridgehead atoms. The van der Waals surface area contributed by atoms with Crippen LogP contribution in [0.4, 0.5) is 0 Å². The summed E-state index contributed by atoms with van der Waals surface area (Å²) in [5, 5.41) is 3.47. The average molecular weight is 274 g/mol. The lowest BCUT2D eigenvalue weighted by atomic mass is 10.1. The number of amides is 1. The molecule has 0 unspecified atom stereocenters. The summed E-state index contributed by atoms with van der Waals surface area (Å²) >= 11 is 5.85. The third-order valence-corrected chi connectivity index (χ3v) is 3.14. The molecule has 0 aliphatic carbocycles. The summed E-state index contributed by atoms with van der Waals surface area (Å²) in [4.78, 5) is 11.9. The highest BCUT2D eigenvalue weighted by Crippen LogP contribution is 2.10. The average Bonchev–Trinajstić information content (AvgIpc) is 2.41. The second-order valence-corrected chi connectivity index (χ2v) is 4.94. The van der Waals surface area contributed by atoms with Crippen molar-refractivity contribution in [3.63, 3.8) is 0 Å². The van der Waals surface area contributed by atoms with Gasteiger partial charge in [0.1, 0.15) is 0 Å². The standard InChI is InChI=1S/C16H16ClNO/c1-12-5-7-13(8-6-12)9-10-18-16(19)14-3-2-4-15(17)11-14/h2-8,11H,9-10H2,1H3,(H,18,19). The van der Waals surface area contributed by atoms with Crippen molar-refractivity contribution in [2.24, 2.45) is 0 Å². The Balaban J connectivity index is 1.86. The molecule has 2 aromatic rings. The number of halogens is 1. The van der Waals surface area contributed by atoms with Gasteiger partial charge in [-0.25, -0.2) is 0 Å². The molecule has 2 aromatic carbocycles. The van der Waals surface area contributed by atoms with Crippen LogP contribution in [0.1, 0.15) is 21.5 Å². The summed E-state index contributed by atoms with van der Waals surface area (Å²) in [6.45, 7) is 2.68. The summed E-state index contributed by atoms with van der Waals surface area (Å²) in [5.74, 6) is -0.0883. The van der Waals surface area contributed by atoms with Gasteiger partial charge < -0.3 is 5.32 Å². The van der Waals surface area contributed by atoms with Crippen LogP contribution >= 0.6 is 11.6 Å². The van der Waals surface area contributed by atoms with Gasteiger partial charge in [0.15, 0.2) is 0 Å². The fourth-order valence-corrected chi connectivity index (χ4v) is 2.00. The number of rotatable bonds is 4. The predicted octanol–water partition coefficient (Wildman–Crippen LogP) is 3.62. The molecule has 1 amide bonds. The van der Waals surface area contributed by atoms with Gasteiger partial charge in [0.2, 0.25) is 0 Å². The first-order valence-electron chi connectivity index (χ1n) is 6.24. The van der Waals surface area contributed by atoms with Crippen molar-refractivity contribution in [1.29, 1.82) is 0 Å². The van der Waals surface area contributed by atoms with E-state index in [0.717, 1.165) is 6.42 Å². The van der Waals surface area contributed by atoms with Gasteiger partial charge in [-0.2, -0.15) is 0 Å². The zero-order chi connectivity index (χ0) is 13.7. The van der Waals surface area contributed by atoms with E-state index in [1.165, 1.54) is 11.1 Å². The molecule has 0 fully saturated rings. The van der Waals surface area contributed by atoms with Crippen LogP contribution in [-0.4, -0.2) is 12.5 Å². The van der Waals surface area contributed by atoms with Crippen molar-refractivity contribution >= 4 is 17.5 Å². The van der Waals surface area contributed by atoms with Gasteiger partial charge in [-0.1, -0.05) is 47.5 Å². The Hall–Kier alpha value is -1.80. The van der Waals surface area contributed by atoms with Gasteiger partial charge in [0.05, 0.1) is 0 Å². The highest BCUT2D eigenvalue weighted by atomic mass is 35.5. The third kappa shape index (κ3) is 4.11. The number of aryl methyl sites for hydroxylation is 1. The molecule has 19 heavy (non-hydrogen) atoms. The van der Waals surface area contributed by atoms with Crippen LogP contribution in [0.15, 0.2) is 48.5 Å². The van der Waals surface area contributed by atoms with Crippen LogP contribution < -0.4 is 5.32 Å². The number of carbonyl (C=O) groups is 1. The van der Waals surface area contributed by atoms with Crippen LogP contribution in [0.2, 0.25) is 5.02 Å². The lowest BCUT2D eigenvalue weighted by Crippen LogP contribution is -2.25. The first kappa shape index (κ1) is 13.6. The van der Waals surface area contributed by atoms with Crippen molar-refractivity contribution in [2.75, 3.05) is 6.54 Å². The van der Waals surface area contributed by atoms with Gasteiger partial charge in [0.25, 0.3) is 5.91 Å². The first-order chi connectivity index (χ1) is 9.15. The second kappa shape index (κ2) is 6.39. The van der Waals surface area contributed by atoms with Crippen LogP contribution in [0.3, 0.4) is 0 Å². The van der Waals surface area contributed by atoms with Gasteiger partial charge in [-0.15, -0.1) is 0 Å². The molecular weight excluding hydrogens is 258 g/mol. The smallest absolute Gasteiger partial charge is 0.251 e. The number of nitrogens with one attached hydrogen (secondary N) is 1. The Morgan fingerprint density at radius 3 is 2.58 bits per heavy atom. The minimum absolute atomic E-state index is 0.0883. The van der Waals surface area contributed by atoms with E-state index in [9.17, 15) is 4.79 Å². The third-order valence-electron chi connectivity index (χ3n) is 2.91. The molecule has 0 saturated carbocycles. The number of hydrogen-bond donors (Lipinski definition) is 1. The molecule has 0 aliphatic rings. The van der Waals surface area contributed by atoms with Gasteiger partial charge in [-0.3, -0.25) is 4.79 Å². The van der Waals surface area contributed by atoms with Crippen molar-refractivity contribution < 1.29 is 4.79 Å². The molecule has 0 aromatic heterocycles. The Labute approximate surface area is 118 Å². The highest BCUT2D eigenvalue weighted by molar-refractivity contribution is 6.30. The zero-order valence-corrected chi connectivity index (χ0v) is 11.6. The summed E-state index contributed by atoms with van der Waals surface area (Å²) in [6.07, 6.45) is 0.826. The summed E-state index contributed by atoms with van der Waals surface area (Å²) in [7, 11) is 0. The lowest BCUT2D eigenvalue weighted by molar-refractivity contribution is 0.0954. The molecule has 3 heteroatoms. The van der Waals surface area contributed by atoms with Crippen LogP contribution in [0.5, 0.6) is 0 Å². The van der Waals surface area contributed by atoms with E-state index in [0.29, 0.717) is 17.1 Å². The molecular formula is C16H16ClNO. The van der Waals surface area contributed by atoms with E-state index in [1.54, 1.807) is 24.3 Å². The quantitative estimate of drug-likeness (QED) is 0.906. The van der Waals surface area contributed by atoms with Crippen molar-refractivity contribution in [3.05, 3.63) is 70.2 Å². The molecule has 0 saturated heterocycles. The number of carbonyl (C=O) groups excluding carboxylic acids is 1. The van der Waals surface area contributed by atoms with Crippen LogP contribution in [0, 0.1) is 6.92 Å². The maximum Gasteiger partial charge on any atom is 0.251 e. The SMILES string of the molecule is Cc1ccc(CCNC(=O)c2cccc(Cl)c2)cc1. The molecule has 0 heterocycles. The molecule has 0 aliphatic heterocycles. The fourth-order valence-electron chi connectivity index (χ4n) is 1.81. The Morgan fingerprint density at radius 2 is 1.89 bits per heavy atom. The molecule has 0 radical (unpaired) electrons. The predicted molar refractivity (Wildman–Crippen MR) is 78.7 cm³/mol. The normalized spacial score (nSPS) is 10.2. The van der Waals surface area contributed by atoms with Crippen molar-refractivity contribution in [1.82, 2.24) is 5.32 Å². The largest absolute Gasteiger partial charge is 0.352 e. The van der Waals surface area contributed by atoms with Gasteiger partial charge in [0, 0.05) is 17.1 Å².